The van der Waals surface area contributed by atoms with E-state index < -0.39 is 10.0 Å². The summed E-state index contributed by atoms with van der Waals surface area (Å²) in [6.07, 6.45) is 2.85. The maximum Gasteiger partial charge on any atom is 0.234 e. The number of nitrogens with one attached hydrogen (secondary N) is 1. The van der Waals surface area contributed by atoms with Gasteiger partial charge in [0.05, 0.1) is 12.3 Å². The van der Waals surface area contributed by atoms with E-state index in [9.17, 15) is 13.2 Å². The Balaban J connectivity index is 2.34. The van der Waals surface area contributed by atoms with Crippen molar-refractivity contribution in [2.24, 2.45) is 5.73 Å². The highest BCUT2D eigenvalue weighted by Crippen LogP contribution is 2.07. The summed E-state index contributed by atoms with van der Waals surface area (Å²) in [7, 11) is -3.09. The summed E-state index contributed by atoms with van der Waals surface area (Å²) in [6, 6.07) is -0.303. The van der Waals surface area contributed by atoms with E-state index in [1.807, 2.05) is 6.92 Å². The van der Waals surface area contributed by atoms with Gasteiger partial charge in [0.1, 0.15) is 0 Å². The maximum absolute atomic E-state index is 11.4. The summed E-state index contributed by atoms with van der Waals surface area (Å²) < 4.78 is 24.3. The number of hydrogen-bond donors (Lipinski definition) is 2. The maximum atomic E-state index is 11.4. The molecule has 0 aromatic carbocycles. The van der Waals surface area contributed by atoms with Gasteiger partial charge in [-0.3, -0.25) is 4.79 Å². The smallest absolute Gasteiger partial charge is 0.234 e. The molecular weight excluding hydrogens is 280 g/mol. The molecule has 1 aliphatic rings. The molecule has 20 heavy (non-hydrogen) atoms. The van der Waals surface area contributed by atoms with Crippen molar-refractivity contribution in [2.75, 3.05) is 45.5 Å². The van der Waals surface area contributed by atoms with Gasteiger partial charge in [-0.05, 0) is 19.4 Å². The quantitative estimate of drug-likeness (QED) is 0.588. The van der Waals surface area contributed by atoms with Crippen LogP contribution in [0.25, 0.3) is 0 Å². The van der Waals surface area contributed by atoms with Crippen LogP contribution in [0, 0.1) is 0 Å². The van der Waals surface area contributed by atoms with Crippen LogP contribution < -0.4 is 11.1 Å². The first-order chi connectivity index (χ1) is 9.34. The Morgan fingerprint density at radius 1 is 1.30 bits per heavy atom. The highest BCUT2D eigenvalue weighted by atomic mass is 32.2. The van der Waals surface area contributed by atoms with E-state index in [4.69, 9.17) is 5.73 Å². The van der Waals surface area contributed by atoms with Gasteiger partial charge in [0.25, 0.3) is 0 Å². The van der Waals surface area contributed by atoms with Gasteiger partial charge < -0.3 is 16.0 Å². The van der Waals surface area contributed by atoms with Gasteiger partial charge in [-0.25, -0.2) is 8.42 Å². The van der Waals surface area contributed by atoms with Crippen LogP contribution in [0.1, 0.15) is 19.8 Å². The van der Waals surface area contributed by atoms with Crippen molar-refractivity contribution in [3.63, 3.8) is 0 Å². The number of carbonyl (C=O) groups excluding carboxylic acids is 1. The molecule has 1 saturated heterocycles. The Hall–Kier alpha value is -0.700. The average molecular weight is 306 g/mol. The van der Waals surface area contributed by atoms with E-state index in [0.29, 0.717) is 32.6 Å². The van der Waals surface area contributed by atoms with Gasteiger partial charge in [-0.2, -0.15) is 4.31 Å². The fourth-order valence-electron chi connectivity index (χ4n) is 2.26. The minimum absolute atomic E-state index is 0.303. The van der Waals surface area contributed by atoms with Gasteiger partial charge in [0.15, 0.2) is 0 Å². The molecule has 0 spiro atoms. The number of primary amides is 1. The lowest BCUT2D eigenvalue weighted by molar-refractivity contribution is -0.120. The summed E-state index contributed by atoms with van der Waals surface area (Å²) in [5, 5.41) is 3.13. The molecule has 8 heteroatoms. The largest absolute Gasteiger partial charge is 0.368 e. The first kappa shape index (κ1) is 17.4. The van der Waals surface area contributed by atoms with Gasteiger partial charge in [0.2, 0.25) is 15.9 Å². The van der Waals surface area contributed by atoms with Gasteiger partial charge in [-0.1, -0.05) is 6.92 Å². The van der Waals surface area contributed by atoms with Crippen LogP contribution in [0.3, 0.4) is 0 Å². The summed E-state index contributed by atoms with van der Waals surface area (Å²) in [5.74, 6) is -0.326. The molecule has 1 unspecified atom stereocenters. The first-order valence-electron chi connectivity index (χ1n) is 7.04. The van der Waals surface area contributed by atoms with E-state index >= 15 is 0 Å². The molecule has 1 amide bonds. The third-order valence-corrected chi connectivity index (χ3v) is 4.82. The third kappa shape index (κ3) is 5.74. The minimum Gasteiger partial charge on any atom is -0.368 e. The molecular formula is C12H26N4O3S. The lowest BCUT2D eigenvalue weighted by atomic mass is 10.1. The molecule has 1 fully saturated rings. The predicted octanol–water partition coefficient (Wildman–Crippen LogP) is -1.19. The molecule has 0 aromatic heterocycles. The normalized spacial score (nSPS) is 19.9. The average Bonchev–Trinajstić information content (AvgIpc) is 2.38. The second-order valence-corrected chi connectivity index (χ2v) is 7.18. The molecule has 1 heterocycles. The highest BCUT2D eigenvalue weighted by Gasteiger charge is 2.24. The van der Waals surface area contributed by atoms with E-state index in [1.54, 1.807) is 0 Å². The Kier molecular flexibility index (Phi) is 6.87. The molecule has 0 aromatic rings. The van der Waals surface area contributed by atoms with Gasteiger partial charge >= 0.3 is 0 Å². The SMILES string of the molecule is CCCNC(CCN1CCN(S(C)(=O)=O)CC1)C(N)=O. The summed E-state index contributed by atoms with van der Waals surface area (Å²) in [6.45, 7) is 6.00. The Bertz CT molecular complexity index is 405. The standard InChI is InChI=1S/C12H26N4O3S/c1-3-5-14-11(12(13)17)4-6-15-7-9-16(10-8-15)20(2,18)19/h11,14H,3-10H2,1-2H3,(H2,13,17). The Morgan fingerprint density at radius 2 is 1.90 bits per heavy atom. The number of nitrogens with two attached hydrogens (primary N) is 1. The molecule has 7 nitrogen and oxygen atoms in total. The van der Waals surface area contributed by atoms with E-state index in [1.165, 1.54) is 10.6 Å². The summed E-state index contributed by atoms with van der Waals surface area (Å²) in [5.41, 5.74) is 5.36. The molecule has 0 saturated carbocycles. The van der Waals surface area contributed by atoms with Crippen molar-refractivity contribution in [3.05, 3.63) is 0 Å². The van der Waals surface area contributed by atoms with E-state index in [-0.39, 0.29) is 11.9 Å². The van der Waals surface area contributed by atoms with Gasteiger partial charge in [-0.15, -0.1) is 0 Å². The Morgan fingerprint density at radius 3 is 2.35 bits per heavy atom. The summed E-state index contributed by atoms with van der Waals surface area (Å²) >= 11 is 0. The number of hydrogen-bond acceptors (Lipinski definition) is 5. The van der Waals surface area contributed by atoms with Crippen molar-refractivity contribution in [1.29, 1.82) is 0 Å². The molecule has 118 valence electrons. The van der Waals surface area contributed by atoms with Crippen LogP contribution in [-0.4, -0.2) is 75.1 Å². The number of nitrogens with zero attached hydrogens (tertiary/aromatic N) is 2. The first-order valence-corrected chi connectivity index (χ1v) is 8.89. The van der Waals surface area contributed by atoms with Crippen molar-refractivity contribution in [2.45, 2.75) is 25.8 Å². The van der Waals surface area contributed by atoms with Crippen molar-refractivity contribution >= 4 is 15.9 Å². The zero-order valence-corrected chi connectivity index (χ0v) is 13.2. The third-order valence-electron chi connectivity index (χ3n) is 3.52. The van der Waals surface area contributed by atoms with Crippen LogP contribution in [0.5, 0.6) is 0 Å². The number of amides is 1. The molecule has 0 bridgehead atoms. The van der Waals surface area contributed by atoms with Crippen LogP contribution in [-0.2, 0) is 14.8 Å². The number of piperazine rings is 1. The topological polar surface area (TPSA) is 95.7 Å². The second kappa shape index (κ2) is 7.92. The molecule has 3 N–H and O–H groups in total. The molecule has 1 aliphatic heterocycles. The van der Waals surface area contributed by atoms with Crippen molar-refractivity contribution in [1.82, 2.24) is 14.5 Å². The Labute approximate surface area is 121 Å². The predicted molar refractivity (Wildman–Crippen MR) is 78.7 cm³/mol. The fourth-order valence-corrected chi connectivity index (χ4v) is 3.09. The lowest BCUT2D eigenvalue weighted by Crippen LogP contribution is -2.50. The second-order valence-electron chi connectivity index (χ2n) is 5.20. The van der Waals surface area contributed by atoms with E-state index in [2.05, 4.69) is 10.2 Å². The number of sulfonamides is 1. The van der Waals surface area contributed by atoms with Crippen molar-refractivity contribution < 1.29 is 13.2 Å². The monoisotopic (exact) mass is 306 g/mol. The van der Waals surface area contributed by atoms with Crippen LogP contribution in [0.2, 0.25) is 0 Å². The number of carbonyl (C=O) groups is 1. The van der Waals surface area contributed by atoms with Crippen LogP contribution >= 0.6 is 0 Å². The highest BCUT2D eigenvalue weighted by molar-refractivity contribution is 7.88. The zero-order valence-electron chi connectivity index (χ0n) is 12.3. The summed E-state index contributed by atoms with van der Waals surface area (Å²) in [4.78, 5) is 13.5. The van der Waals surface area contributed by atoms with Crippen molar-refractivity contribution in [3.8, 4) is 0 Å². The lowest BCUT2D eigenvalue weighted by Gasteiger charge is -2.33. The van der Waals surface area contributed by atoms with Crippen LogP contribution in [0.15, 0.2) is 0 Å². The zero-order chi connectivity index (χ0) is 15.2. The van der Waals surface area contributed by atoms with E-state index in [0.717, 1.165) is 19.5 Å². The van der Waals surface area contributed by atoms with Gasteiger partial charge in [0, 0.05) is 32.7 Å². The van der Waals surface area contributed by atoms with Crippen LogP contribution in [0.4, 0.5) is 0 Å². The molecule has 0 aliphatic carbocycles. The molecule has 0 radical (unpaired) electrons. The molecule has 1 rings (SSSR count). The minimum atomic E-state index is -3.09. The number of rotatable bonds is 8. The molecule has 1 atom stereocenters. The fraction of sp³-hybridized carbons (Fsp3) is 0.917.